The first-order valence-corrected chi connectivity index (χ1v) is 8.95. The highest BCUT2D eigenvalue weighted by molar-refractivity contribution is 7.09. The van der Waals surface area contributed by atoms with Crippen molar-refractivity contribution in [2.75, 3.05) is 33.3 Å². The van der Waals surface area contributed by atoms with Crippen LogP contribution < -0.4 is 5.32 Å². The van der Waals surface area contributed by atoms with Crippen LogP contribution in [0.25, 0.3) is 0 Å². The number of likely N-dealkylation sites (tertiary alicyclic amines) is 1. The number of ether oxygens (including phenoxy) is 1. The summed E-state index contributed by atoms with van der Waals surface area (Å²) in [4.78, 5) is 23.2. The summed E-state index contributed by atoms with van der Waals surface area (Å²) in [6.45, 7) is 9.14. The lowest BCUT2D eigenvalue weighted by molar-refractivity contribution is -0.145. The van der Waals surface area contributed by atoms with Crippen LogP contribution in [-0.2, 0) is 16.0 Å². The van der Waals surface area contributed by atoms with Crippen molar-refractivity contribution in [2.24, 2.45) is 16.8 Å². The van der Waals surface area contributed by atoms with E-state index in [1.165, 1.54) is 7.11 Å². The fraction of sp³-hybridized carbons (Fsp3) is 0.688. The number of aryl methyl sites for hydroxylation is 1. The zero-order valence-electron chi connectivity index (χ0n) is 14.3. The number of aliphatic imine (C=N–C) groups is 1. The van der Waals surface area contributed by atoms with Gasteiger partial charge in [-0.25, -0.2) is 4.98 Å². The van der Waals surface area contributed by atoms with Crippen molar-refractivity contribution in [3.63, 3.8) is 0 Å². The topological polar surface area (TPSA) is 66.8 Å². The Labute approximate surface area is 142 Å². The standard InChI is InChI=1S/C16H26N4O2S/c1-5-17-16(18-7-6-13-10-23-12(3)19-13)20-8-11(2)14(9-20)15(21)22-4/h10-11,14H,5-9H2,1-4H3,(H,17,18). The molecule has 0 spiro atoms. The van der Waals surface area contributed by atoms with Gasteiger partial charge < -0.3 is 15.0 Å². The highest BCUT2D eigenvalue weighted by Gasteiger charge is 2.36. The number of nitrogens with one attached hydrogen (secondary N) is 1. The molecule has 2 unspecified atom stereocenters. The van der Waals surface area contributed by atoms with E-state index < -0.39 is 0 Å². The van der Waals surface area contributed by atoms with Gasteiger partial charge in [0.15, 0.2) is 5.96 Å². The lowest BCUT2D eigenvalue weighted by atomic mass is 9.99. The third-order valence-corrected chi connectivity index (χ3v) is 4.87. The summed E-state index contributed by atoms with van der Waals surface area (Å²) in [6.07, 6.45) is 0.836. The van der Waals surface area contributed by atoms with Gasteiger partial charge >= 0.3 is 5.97 Å². The van der Waals surface area contributed by atoms with Gasteiger partial charge in [-0.3, -0.25) is 9.79 Å². The van der Waals surface area contributed by atoms with E-state index in [-0.39, 0.29) is 17.8 Å². The monoisotopic (exact) mass is 338 g/mol. The largest absolute Gasteiger partial charge is 0.469 e. The number of aromatic nitrogens is 1. The van der Waals surface area contributed by atoms with Crippen LogP contribution in [0.3, 0.4) is 0 Å². The van der Waals surface area contributed by atoms with Gasteiger partial charge in [-0.1, -0.05) is 6.92 Å². The number of methoxy groups -OCH3 is 1. The predicted molar refractivity (Wildman–Crippen MR) is 92.8 cm³/mol. The molecule has 1 aromatic heterocycles. The number of hydrogen-bond donors (Lipinski definition) is 1. The van der Waals surface area contributed by atoms with Gasteiger partial charge in [0, 0.05) is 38.0 Å². The SMILES string of the molecule is CCNC(=NCCc1csc(C)n1)N1CC(C)C(C(=O)OC)C1. The Morgan fingerprint density at radius 3 is 2.96 bits per heavy atom. The summed E-state index contributed by atoms with van der Waals surface area (Å²) in [5.41, 5.74) is 1.09. The summed E-state index contributed by atoms with van der Waals surface area (Å²) in [6, 6.07) is 0. The van der Waals surface area contributed by atoms with Gasteiger partial charge in [0.1, 0.15) is 0 Å². The summed E-state index contributed by atoms with van der Waals surface area (Å²) in [5.74, 6) is 0.934. The molecule has 6 nitrogen and oxygen atoms in total. The van der Waals surface area contributed by atoms with Crippen LogP contribution in [0.5, 0.6) is 0 Å². The van der Waals surface area contributed by atoms with E-state index in [1.807, 2.05) is 6.92 Å². The molecule has 128 valence electrons. The molecule has 2 atom stereocenters. The van der Waals surface area contributed by atoms with Crippen molar-refractivity contribution in [3.05, 3.63) is 16.1 Å². The molecule has 0 aliphatic carbocycles. The Bertz CT molecular complexity index is 558. The summed E-state index contributed by atoms with van der Waals surface area (Å²) < 4.78 is 4.90. The summed E-state index contributed by atoms with van der Waals surface area (Å²) in [5, 5.41) is 6.49. The highest BCUT2D eigenvalue weighted by atomic mass is 32.1. The molecule has 0 bridgehead atoms. The van der Waals surface area contributed by atoms with Gasteiger partial charge in [-0.15, -0.1) is 11.3 Å². The van der Waals surface area contributed by atoms with E-state index >= 15 is 0 Å². The molecule has 1 aliphatic rings. The number of guanidine groups is 1. The van der Waals surface area contributed by atoms with Crippen molar-refractivity contribution in [3.8, 4) is 0 Å². The third kappa shape index (κ3) is 4.67. The molecule has 0 radical (unpaired) electrons. The molecule has 1 saturated heterocycles. The van der Waals surface area contributed by atoms with Crippen LogP contribution in [0.4, 0.5) is 0 Å². The molecule has 1 fully saturated rings. The van der Waals surface area contributed by atoms with Crippen LogP contribution in [0.1, 0.15) is 24.5 Å². The van der Waals surface area contributed by atoms with Crippen molar-refractivity contribution in [1.29, 1.82) is 0 Å². The van der Waals surface area contributed by atoms with Crippen molar-refractivity contribution in [2.45, 2.75) is 27.2 Å². The van der Waals surface area contributed by atoms with E-state index in [2.05, 4.69) is 34.4 Å². The average molecular weight is 338 g/mol. The van der Waals surface area contributed by atoms with Gasteiger partial charge in [0.05, 0.1) is 23.7 Å². The predicted octanol–water partition coefficient (Wildman–Crippen LogP) is 1.70. The minimum absolute atomic E-state index is 0.0787. The Morgan fingerprint density at radius 1 is 1.57 bits per heavy atom. The van der Waals surface area contributed by atoms with Crippen molar-refractivity contribution >= 4 is 23.3 Å². The molecule has 0 aromatic carbocycles. The lowest BCUT2D eigenvalue weighted by Gasteiger charge is -2.21. The molecule has 0 saturated carbocycles. The molecule has 1 aliphatic heterocycles. The molecular weight excluding hydrogens is 312 g/mol. The maximum absolute atomic E-state index is 11.8. The molecule has 7 heteroatoms. The Balaban J connectivity index is 1.97. The van der Waals surface area contributed by atoms with E-state index in [0.717, 1.165) is 36.2 Å². The molecule has 2 rings (SSSR count). The minimum atomic E-state index is -0.131. The number of thiazole rings is 1. The maximum Gasteiger partial charge on any atom is 0.310 e. The minimum Gasteiger partial charge on any atom is -0.469 e. The van der Waals surface area contributed by atoms with Crippen LogP contribution in [0.2, 0.25) is 0 Å². The first kappa shape index (κ1) is 17.7. The number of esters is 1. The lowest BCUT2D eigenvalue weighted by Crippen LogP contribution is -2.40. The average Bonchev–Trinajstić information content (AvgIpc) is 3.11. The van der Waals surface area contributed by atoms with E-state index in [4.69, 9.17) is 9.73 Å². The Kier molecular flexibility index (Phi) is 6.38. The normalized spacial score (nSPS) is 21.6. The first-order valence-electron chi connectivity index (χ1n) is 8.07. The van der Waals surface area contributed by atoms with E-state index in [9.17, 15) is 4.79 Å². The highest BCUT2D eigenvalue weighted by Crippen LogP contribution is 2.24. The fourth-order valence-corrected chi connectivity index (χ4v) is 3.47. The van der Waals surface area contributed by atoms with Crippen LogP contribution in [0, 0.1) is 18.8 Å². The third-order valence-electron chi connectivity index (χ3n) is 4.05. The molecular formula is C16H26N4O2S. The molecule has 1 aromatic rings. The van der Waals surface area contributed by atoms with Gasteiger partial charge in [-0.05, 0) is 19.8 Å². The molecule has 1 N–H and O–H groups in total. The van der Waals surface area contributed by atoms with Crippen LogP contribution in [-0.4, -0.2) is 55.1 Å². The Hall–Kier alpha value is -1.63. The number of carbonyl (C=O) groups excluding carboxylic acids is 1. The smallest absolute Gasteiger partial charge is 0.310 e. The van der Waals surface area contributed by atoms with Crippen molar-refractivity contribution in [1.82, 2.24) is 15.2 Å². The molecule has 0 amide bonds. The second-order valence-electron chi connectivity index (χ2n) is 5.86. The van der Waals surface area contributed by atoms with Gasteiger partial charge in [0.25, 0.3) is 0 Å². The number of nitrogens with zero attached hydrogens (tertiary/aromatic N) is 3. The molecule has 2 heterocycles. The number of hydrogen-bond acceptors (Lipinski definition) is 5. The fourth-order valence-electron chi connectivity index (χ4n) is 2.82. The first-order chi connectivity index (χ1) is 11.0. The maximum atomic E-state index is 11.8. The van der Waals surface area contributed by atoms with Crippen LogP contribution >= 0.6 is 11.3 Å². The molecule has 23 heavy (non-hydrogen) atoms. The quantitative estimate of drug-likeness (QED) is 0.503. The van der Waals surface area contributed by atoms with Gasteiger partial charge in [-0.2, -0.15) is 0 Å². The van der Waals surface area contributed by atoms with E-state index in [1.54, 1.807) is 11.3 Å². The van der Waals surface area contributed by atoms with Crippen molar-refractivity contribution < 1.29 is 9.53 Å². The zero-order valence-corrected chi connectivity index (χ0v) is 15.2. The summed E-state index contributed by atoms with van der Waals surface area (Å²) in [7, 11) is 1.45. The van der Waals surface area contributed by atoms with Crippen LogP contribution in [0.15, 0.2) is 10.4 Å². The summed E-state index contributed by atoms with van der Waals surface area (Å²) >= 11 is 1.67. The number of carbonyl (C=O) groups is 1. The van der Waals surface area contributed by atoms with Gasteiger partial charge in [0.2, 0.25) is 0 Å². The second-order valence-corrected chi connectivity index (χ2v) is 6.92. The number of rotatable bonds is 5. The second kappa shape index (κ2) is 8.29. The zero-order chi connectivity index (χ0) is 16.8. The Morgan fingerprint density at radius 2 is 2.35 bits per heavy atom. The van der Waals surface area contributed by atoms with E-state index in [0.29, 0.717) is 13.1 Å².